The summed E-state index contributed by atoms with van der Waals surface area (Å²) in [5.74, 6) is -0.115. The molecule has 136 valence electrons. The third-order valence-corrected chi connectivity index (χ3v) is 5.20. The van der Waals surface area contributed by atoms with Crippen LogP contribution in [0.15, 0.2) is 18.2 Å². The molecule has 2 fully saturated rings. The van der Waals surface area contributed by atoms with Gasteiger partial charge in [-0.3, -0.25) is 14.9 Å². The molecule has 7 nitrogen and oxygen atoms in total. The van der Waals surface area contributed by atoms with Gasteiger partial charge >= 0.3 is 0 Å². The van der Waals surface area contributed by atoms with Gasteiger partial charge in [-0.15, -0.1) is 0 Å². The highest BCUT2D eigenvalue weighted by Crippen LogP contribution is 2.32. The highest BCUT2D eigenvalue weighted by molar-refractivity contribution is 5.96. The number of piperidine rings is 1. The summed E-state index contributed by atoms with van der Waals surface area (Å²) in [5.41, 5.74) is 0.943. The Morgan fingerprint density at radius 2 is 1.84 bits per heavy atom. The van der Waals surface area contributed by atoms with Crippen molar-refractivity contribution in [3.8, 4) is 0 Å². The van der Waals surface area contributed by atoms with Crippen LogP contribution < -0.4 is 4.90 Å². The fourth-order valence-electron chi connectivity index (χ4n) is 3.85. The molecule has 0 radical (unpaired) electrons. The van der Waals surface area contributed by atoms with E-state index in [0.29, 0.717) is 37.6 Å². The van der Waals surface area contributed by atoms with Crippen molar-refractivity contribution in [2.75, 3.05) is 31.2 Å². The molecule has 3 rings (SSSR count). The lowest BCUT2D eigenvalue weighted by atomic mass is 9.96. The summed E-state index contributed by atoms with van der Waals surface area (Å²) in [6.07, 6.45) is 3.07. The van der Waals surface area contributed by atoms with E-state index in [1.54, 1.807) is 12.1 Å². The number of ether oxygens (including phenoxy) is 1. The number of hydrogen-bond acceptors (Lipinski definition) is 5. The first-order valence-electron chi connectivity index (χ1n) is 8.93. The van der Waals surface area contributed by atoms with Crippen LogP contribution in [0, 0.1) is 10.1 Å². The van der Waals surface area contributed by atoms with Crippen molar-refractivity contribution < 1.29 is 14.5 Å². The lowest BCUT2D eigenvalue weighted by molar-refractivity contribution is -0.384. The molecule has 2 atom stereocenters. The molecule has 7 heteroatoms. The number of nitro groups is 1. The molecule has 0 saturated carbocycles. The van der Waals surface area contributed by atoms with E-state index >= 15 is 0 Å². The molecule has 2 aliphatic rings. The highest BCUT2D eigenvalue weighted by atomic mass is 16.6. The van der Waals surface area contributed by atoms with Gasteiger partial charge in [0.25, 0.3) is 11.6 Å². The number of nitro benzene ring substituents is 1. The van der Waals surface area contributed by atoms with Crippen molar-refractivity contribution >= 4 is 17.3 Å². The number of carbonyl (C=O) groups is 1. The molecule has 0 spiro atoms. The molecule has 0 aromatic heterocycles. The van der Waals surface area contributed by atoms with E-state index in [1.165, 1.54) is 6.07 Å². The van der Waals surface area contributed by atoms with Gasteiger partial charge in [-0.2, -0.15) is 0 Å². The van der Waals surface area contributed by atoms with Gasteiger partial charge in [0.05, 0.1) is 18.1 Å². The molecule has 2 heterocycles. The number of benzene rings is 1. The average molecular weight is 347 g/mol. The van der Waals surface area contributed by atoms with Gasteiger partial charge in [-0.05, 0) is 45.2 Å². The summed E-state index contributed by atoms with van der Waals surface area (Å²) in [6, 6.07) is 5.18. The van der Waals surface area contributed by atoms with Gasteiger partial charge < -0.3 is 14.5 Å². The zero-order chi connectivity index (χ0) is 18.0. The molecule has 2 saturated heterocycles. The van der Waals surface area contributed by atoms with Crippen LogP contribution in [-0.4, -0.2) is 54.1 Å². The smallest absolute Gasteiger partial charge is 0.293 e. The van der Waals surface area contributed by atoms with Gasteiger partial charge in [0.2, 0.25) is 0 Å². The molecular formula is C18H25N3O4. The van der Waals surface area contributed by atoms with Crippen LogP contribution in [0.25, 0.3) is 0 Å². The Balaban J connectivity index is 1.90. The van der Waals surface area contributed by atoms with Crippen molar-refractivity contribution in [3.05, 3.63) is 33.9 Å². The van der Waals surface area contributed by atoms with Gasteiger partial charge in [0.15, 0.2) is 0 Å². The summed E-state index contributed by atoms with van der Waals surface area (Å²) >= 11 is 0. The van der Waals surface area contributed by atoms with Crippen LogP contribution in [0.3, 0.4) is 0 Å². The monoisotopic (exact) mass is 347 g/mol. The number of likely N-dealkylation sites (tertiary alicyclic amines) is 1. The lowest BCUT2D eigenvalue weighted by Crippen LogP contribution is -2.47. The number of hydrogen-bond donors (Lipinski definition) is 0. The lowest BCUT2D eigenvalue weighted by Gasteiger charge is -2.39. The first-order chi connectivity index (χ1) is 12.0. The molecule has 1 amide bonds. The van der Waals surface area contributed by atoms with Gasteiger partial charge in [-0.1, -0.05) is 0 Å². The molecule has 0 aliphatic carbocycles. The number of anilines is 1. The normalized spacial score (nSPS) is 24.2. The minimum Gasteiger partial charge on any atom is -0.378 e. The van der Waals surface area contributed by atoms with E-state index in [1.807, 2.05) is 23.6 Å². The van der Waals surface area contributed by atoms with Crippen molar-refractivity contribution in [1.29, 1.82) is 0 Å². The van der Waals surface area contributed by atoms with Crippen LogP contribution in [-0.2, 0) is 4.74 Å². The molecular weight excluding hydrogens is 322 g/mol. The first kappa shape index (κ1) is 17.7. The number of carbonyl (C=O) groups excluding carboxylic acids is 1. The SMILES string of the molecule is CC1CCCC(C)N1C(=O)c1ccc(N2CCOCC2)c([N+](=O)[O-])c1. The Kier molecular flexibility index (Phi) is 5.22. The van der Waals surface area contributed by atoms with E-state index in [-0.39, 0.29) is 23.7 Å². The average Bonchev–Trinajstić information content (AvgIpc) is 2.61. The maximum atomic E-state index is 13.0. The number of rotatable bonds is 3. The fourth-order valence-corrected chi connectivity index (χ4v) is 3.85. The third-order valence-electron chi connectivity index (χ3n) is 5.20. The predicted molar refractivity (Wildman–Crippen MR) is 95.1 cm³/mol. The van der Waals surface area contributed by atoms with E-state index in [9.17, 15) is 14.9 Å². The minimum atomic E-state index is -0.398. The Morgan fingerprint density at radius 3 is 2.44 bits per heavy atom. The standard InChI is InChI=1S/C18H25N3O4/c1-13-4-3-5-14(2)20(13)18(22)15-6-7-16(17(12-15)21(23)24)19-8-10-25-11-9-19/h6-7,12-14H,3-5,8-11H2,1-2H3. The number of nitrogens with zero attached hydrogens (tertiary/aromatic N) is 3. The number of morpholine rings is 1. The van der Waals surface area contributed by atoms with Crippen LogP contribution >= 0.6 is 0 Å². The Bertz CT molecular complexity index is 648. The van der Waals surface area contributed by atoms with E-state index < -0.39 is 4.92 Å². The fraction of sp³-hybridized carbons (Fsp3) is 0.611. The molecule has 2 aliphatic heterocycles. The summed E-state index contributed by atoms with van der Waals surface area (Å²) < 4.78 is 5.31. The maximum absolute atomic E-state index is 13.0. The minimum absolute atomic E-state index is 0.00920. The zero-order valence-corrected chi connectivity index (χ0v) is 14.8. The van der Waals surface area contributed by atoms with E-state index in [2.05, 4.69) is 0 Å². The summed E-state index contributed by atoms with van der Waals surface area (Å²) in [7, 11) is 0. The maximum Gasteiger partial charge on any atom is 0.293 e. The molecule has 0 N–H and O–H groups in total. The second kappa shape index (κ2) is 7.39. The quantitative estimate of drug-likeness (QED) is 0.621. The Labute approximate surface area is 147 Å². The van der Waals surface area contributed by atoms with Crippen molar-refractivity contribution in [1.82, 2.24) is 4.90 Å². The van der Waals surface area contributed by atoms with Crippen molar-refractivity contribution in [2.24, 2.45) is 0 Å². The Hall–Kier alpha value is -2.15. The Morgan fingerprint density at radius 1 is 1.20 bits per heavy atom. The van der Waals surface area contributed by atoms with E-state index in [0.717, 1.165) is 19.3 Å². The summed E-state index contributed by atoms with van der Waals surface area (Å²) in [5, 5.41) is 11.6. The molecule has 1 aromatic rings. The number of amides is 1. The predicted octanol–water partition coefficient (Wildman–Crippen LogP) is 2.83. The van der Waals surface area contributed by atoms with Crippen molar-refractivity contribution in [3.63, 3.8) is 0 Å². The summed E-state index contributed by atoms with van der Waals surface area (Å²) in [4.78, 5) is 27.9. The van der Waals surface area contributed by atoms with Crippen LogP contribution in [0.4, 0.5) is 11.4 Å². The second-order valence-corrected chi connectivity index (χ2v) is 6.90. The summed E-state index contributed by atoms with van der Waals surface area (Å²) in [6.45, 7) is 6.44. The zero-order valence-electron chi connectivity index (χ0n) is 14.8. The molecule has 2 unspecified atom stereocenters. The van der Waals surface area contributed by atoms with Crippen LogP contribution in [0.2, 0.25) is 0 Å². The molecule has 25 heavy (non-hydrogen) atoms. The van der Waals surface area contributed by atoms with E-state index in [4.69, 9.17) is 4.74 Å². The molecule has 0 bridgehead atoms. The van der Waals surface area contributed by atoms with Crippen LogP contribution in [0.5, 0.6) is 0 Å². The largest absolute Gasteiger partial charge is 0.378 e. The third kappa shape index (κ3) is 3.61. The van der Waals surface area contributed by atoms with Crippen LogP contribution in [0.1, 0.15) is 43.5 Å². The molecule has 1 aromatic carbocycles. The van der Waals surface area contributed by atoms with Crippen molar-refractivity contribution in [2.45, 2.75) is 45.2 Å². The van der Waals surface area contributed by atoms with Gasteiger partial charge in [-0.25, -0.2) is 0 Å². The van der Waals surface area contributed by atoms with Gasteiger partial charge in [0, 0.05) is 36.8 Å². The van der Waals surface area contributed by atoms with Gasteiger partial charge in [0.1, 0.15) is 5.69 Å². The first-order valence-corrected chi connectivity index (χ1v) is 8.93. The highest BCUT2D eigenvalue weighted by Gasteiger charge is 2.31. The second-order valence-electron chi connectivity index (χ2n) is 6.90. The topological polar surface area (TPSA) is 75.9 Å².